The minimum Gasteiger partial charge on any atom is -0.250 e. The van der Waals surface area contributed by atoms with Crippen molar-refractivity contribution in [2.45, 2.75) is 27.2 Å². The van der Waals surface area contributed by atoms with E-state index < -0.39 is 0 Å². The van der Waals surface area contributed by atoms with Gasteiger partial charge in [0.15, 0.2) is 0 Å². The predicted octanol–water partition coefficient (Wildman–Crippen LogP) is 4.31. The Kier molecular flexibility index (Phi) is 6.18. The Hall–Kier alpha value is -0.850. The molecule has 2 atom stereocenters. The van der Waals surface area contributed by atoms with Gasteiger partial charge in [-0.1, -0.05) is 50.3 Å². The van der Waals surface area contributed by atoms with E-state index in [1.807, 2.05) is 19.9 Å². The van der Waals surface area contributed by atoms with Crippen LogP contribution in [-0.2, 0) is 0 Å². The zero-order valence-electron chi connectivity index (χ0n) is 9.52. The summed E-state index contributed by atoms with van der Waals surface area (Å²) in [5.74, 6) is 0.312. The van der Waals surface area contributed by atoms with Crippen molar-refractivity contribution in [1.29, 1.82) is 0 Å². The Balaban J connectivity index is 4.27. The van der Waals surface area contributed by atoms with Gasteiger partial charge in [-0.2, -0.15) is 0 Å². The molecule has 1 heteroatoms. The molecule has 0 nitrogen and oxygen atoms in total. The second-order valence-corrected chi connectivity index (χ2v) is 3.85. The molecule has 0 aromatic heterocycles. The third-order valence-electron chi connectivity index (χ3n) is 2.48. The van der Waals surface area contributed by atoms with Gasteiger partial charge >= 0.3 is 0 Å². The smallest absolute Gasteiger partial charge is 0.0960 e. The molecule has 0 aromatic carbocycles. The Bertz CT molecular complexity index is 225. The third-order valence-corrected chi connectivity index (χ3v) is 2.48. The molecule has 0 bridgehead atoms. The van der Waals surface area contributed by atoms with Crippen LogP contribution in [0.2, 0.25) is 0 Å². The monoisotopic (exact) mass is 196 g/mol. The minimum atomic E-state index is -0.340. The fraction of sp³-hybridized carbons (Fsp3) is 0.538. The zero-order valence-corrected chi connectivity index (χ0v) is 9.52. The number of halogens is 1. The summed E-state index contributed by atoms with van der Waals surface area (Å²) < 4.78 is 12.3. The van der Waals surface area contributed by atoms with E-state index in [0.29, 0.717) is 5.92 Å². The number of allylic oxidation sites excluding steroid dienone is 4. The van der Waals surface area contributed by atoms with E-state index in [2.05, 4.69) is 26.2 Å². The van der Waals surface area contributed by atoms with Crippen LogP contribution in [-0.4, -0.2) is 6.67 Å². The normalized spacial score (nSPS) is 15.4. The van der Waals surface area contributed by atoms with Crippen molar-refractivity contribution in [3.05, 3.63) is 36.5 Å². The molecule has 0 radical (unpaired) electrons. The summed E-state index contributed by atoms with van der Waals surface area (Å²) in [6.45, 7) is 13.4. The van der Waals surface area contributed by atoms with Gasteiger partial charge in [-0.15, -0.1) is 0 Å². The van der Waals surface area contributed by atoms with E-state index in [-0.39, 0.29) is 12.6 Å². The van der Waals surface area contributed by atoms with Crippen molar-refractivity contribution in [3.8, 4) is 0 Å². The molecule has 0 saturated carbocycles. The fourth-order valence-electron chi connectivity index (χ4n) is 1.15. The van der Waals surface area contributed by atoms with E-state index in [1.54, 1.807) is 0 Å². The van der Waals surface area contributed by atoms with Gasteiger partial charge in [0.1, 0.15) is 0 Å². The van der Waals surface area contributed by atoms with Crippen LogP contribution in [0.3, 0.4) is 0 Å². The quantitative estimate of drug-likeness (QED) is 0.438. The first-order chi connectivity index (χ1) is 6.52. The summed E-state index contributed by atoms with van der Waals surface area (Å²) in [7, 11) is 0. The first kappa shape index (κ1) is 13.2. The van der Waals surface area contributed by atoms with Gasteiger partial charge in [-0.25, -0.2) is 0 Å². The second kappa shape index (κ2) is 6.58. The molecular weight excluding hydrogens is 175 g/mol. The SMILES string of the molecule is C=C(/C=C\C(CC)C(=C)C)C(C)CF. The second-order valence-electron chi connectivity index (χ2n) is 3.85. The average molecular weight is 196 g/mol. The van der Waals surface area contributed by atoms with Gasteiger partial charge in [-0.3, -0.25) is 4.39 Å². The lowest BCUT2D eigenvalue weighted by Gasteiger charge is -2.11. The molecule has 0 amide bonds. The van der Waals surface area contributed by atoms with Crippen LogP contribution >= 0.6 is 0 Å². The van der Waals surface area contributed by atoms with Crippen molar-refractivity contribution >= 4 is 0 Å². The van der Waals surface area contributed by atoms with Crippen molar-refractivity contribution < 1.29 is 4.39 Å². The van der Waals surface area contributed by atoms with Crippen LogP contribution < -0.4 is 0 Å². The summed E-state index contributed by atoms with van der Waals surface area (Å²) in [6.07, 6.45) is 5.02. The summed E-state index contributed by atoms with van der Waals surface area (Å²) >= 11 is 0. The van der Waals surface area contributed by atoms with Crippen LogP contribution in [0.15, 0.2) is 36.5 Å². The third kappa shape index (κ3) is 4.40. The Morgan fingerprint density at radius 1 is 1.43 bits per heavy atom. The molecule has 0 spiro atoms. The number of rotatable bonds is 6. The van der Waals surface area contributed by atoms with Gasteiger partial charge in [-0.05, 0) is 19.3 Å². The molecule has 2 unspecified atom stereocenters. The average Bonchev–Trinajstić information content (AvgIpc) is 2.16. The number of hydrogen-bond acceptors (Lipinski definition) is 0. The molecule has 0 N–H and O–H groups in total. The van der Waals surface area contributed by atoms with Crippen molar-refractivity contribution in [2.24, 2.45) is 11.8 Å². The molecule has 0 rings (SSSR count). The number of hydrogen-bond donors (Lipinski definition) is 0. The van der Waals surface area contributed by atoms with Crippen LogP contribution in [0.4, 0.5) is 4.39 Å². The standard InChI is InChI=1S/C13H21F/c1-6-13(10(2)3)8-7-11(4)12(5)9-14/h7-8,12-13H,2,4,6,9H2,1,3,5H3/b8-7-. The molecule has 0 aliphatic heterocycles. The first-order valence-corrected chi connectivity index (χ1v) is 5.11. The van der Waals surface area contributed by atoms with Gasteiger partial charge in [0.2, 0.25) is 0 Å². The highest BCUT2D eigenvalue weighted by atomic mass is 19.1. The maximum Gasteiger partial charge on any atom is 0.0960 e. The molecule has 0 heterocycles. The van der Waals surface area contributed by atoms with Gasteiger partial charge in [0, 0.05) is 5.92 Å². The van der Waals surface area contributed by atoms with Crippen molar-refractivity contribution in [1.82, 2.24) is 0 Å². The maximum atomic E-state index is 12.3. The van der Waals surface area contributed by atoms with Gasteiger partial charge in [0.25, 0.3) is 0 Å². The topological polar surface area (TPSA) is 0 Å². The van der Waals surface area contributed by atoms with Gasteiger partial charge < -0.3 is 0 Å². The lowest BCUT2D eigenvalue weighted by atomic mass is 9.96. The van der Waals surface area contributed by atoms with Crippen molar-refractivity contribution in [2.75, 3.05) is 6.67 Å². The summed E-state index contributed by atoms with van der Waals surface area (Å²) in [5, 5.41) is 0. The molecular formula is C13H21F. The summed E-state index contributed by atoms with van der Waals surface area (Å²) in [4.78, 5) is 0. The molecule has 14 heavy (non-hydrogen) atoms. The lowest BCUT2D eigenvalue weighted by Crippen LogP contribution is -2.00. The lowest BCUT2D eigenvalue weighted by molar-refractivity contribution is 0.422. The maximum absolute atomic E-state index is 12.3. The first-order valence-electron chi connectivity index (χ1n) is 5.11. The van der Waals surface area contributed by atoms with Crippen LogP contribution in [0.5, 0.6) is 0 Å². The van der Waals surface area contributed by atoms with Crippen LogP contribution in [0.25, 0.3) is 0 Å². The highest BCUT2D eigenvalue weighted by molar-refractivity contribution is 5.20. The molecule has 80 valence electrons. The summed E-state index contributed by atoms with van der Waals surface area (Å²) in [6, 6.07) is 0. The Labute approximate surface area is 87.2 Å². The van der Waals surface area contributed by atoms with Gasteiger partial charge in [0.05, 0.1) is 6.67 Å². The largest absolute Gasteiger partial charge is 0.250 e. The number of alkyl halides is 1. The van der Waals surface area contributed by atoms with E-state index in [9.17, 15) is 4.39 Å². The minimum absolute atomic E-state index is 0.0751. The Morgan fingerprint density at radius 3 is 2.36 bits per heavy atom. The summed E-state index contributed by atoms with van der Waals surface area (Å²) in [5.41, 5.74) is 2.00. The molecule has 0 aromatic rings. The predicted molar refractivity (Wildman–Crippen MR) is 62.0 cm³/mol. The molecule has 0 aliphatic rings. The molecule has 0 saturated heterocycles. The highest BCUT2D eigenvalue weighted by Gasteiger charge is 2.05. The van der Waals surface area contributed by atoms with Crippen molar-refractivity contribution in [3.63, 3.8) is 0 Å². The fourth-order valence-corrected chi connectivity index (χ4v) is 1.15. The molecule has 0 fully saturated rings. The van der Waals surface area contributed by atoms with Crippen LogP contribution in [0.1, 0.15) is 27.2 Å². The van der Waals surface area contributed by atoms with E-state index in [1.165, 1.54) is 0 Å². The van der Waals surface area contributed by atoms with E-state index >= 15 is 0 Å². The van der Waals surface area contributed by atoms with Crippen LogP contribution in [0, 0.1) is 11.8 Å². The highest BCUT2D eigenvalue weighted by Crippen LogP contribution is 2.17. The van der Waals surface area contributed by atoms with E-state index in [0.717, 1.165) is 17.6 Å². The zero-order chi connectivity index (χ0) is 11.1. The Morgan fingerprint density at radius 2 is 2.00 bits per heavy atom. The van der Waals surface area contributed by atoms with E-state index in [4.69, 9.17) is 0 Å². The molecule has 0 aliphatic carbocycles.